The number of hydrogen-bond acceptors (Lipinski definition) is 6. The topological polar surface area (TPSA) is 109 Å². The Morgan fingerprint density at radius 1 is 1.09 bits per heavy atom. The quantitative estimate of drug-likeness (QED) is 0.553. The molecule has 0 spiro atoms. The van der Waals surface area contributed by atoms with Crippen molar-refractivity contribution in [1.82, 2.24) is 8.87 Å². The van der Waals surface area contributed by atoms with Crippen LogP contribution in [0.25, 0.3) is 10.9 Å². The molecule has 2 fully saturated rings. The van der Waals surface area contributed by atoms with Gasteiger partial charge in [-0.15, -0.1) is 0 Å². The van der Waals surface area contributed by atoms with Crippen LogP contribution in [0, 0.1) is 5.82 Å². The normalized spacial score (nSPS) is 17.0. The van der Waals surface area contributed by atoms with E-state index >= 15 is 4.39 Å². The minimum Gasteiger partial charge on any atom is -0.497 e. The molecule has 0 bridgehead atoms. The number of nitrogens with zero attached hydrogens (tertiary/aromatic N) is 3. The molecule has 1 saturated carbocycles. The minimum atomic E-state index is -3.71. The highest BCUT2D eigenvalue weighted by Gasteiger charge is 2.31. The van der Waals surface area contributed by atoms with Gasteiger partial charge in [0.2, 0.25) is 15.5 Å². The van der Waals surface area contributed by atoms with E-state index in [9.17, 15) is 23.1 Å². The van der Waals surface area contributed by atoms with Crippen molar-refractivity contribution in [2.45, 2.75) is 23.8 Å². The number of carbonyl (C=O) groups is 1. The van der Waals surface area contributed by atoms with Crippen LogP contribution in [0.5, 0.6) is 5.75 Å². The van der Waals surface area contributed by atoms with E-state index in [2.05, 4.69) is 0 Å². The first-order valence-electron chi connectivity index (χ1n) is 11.2. The molecule has 184 valence electrons. The molecule has 11 heteroatoms. The van der Waals surface area contributed by atoms with Gasteiger partial charge in [-0.3, -0.25) is 4.79 Å². The number of benzene rings is 2. The Kier molecular flexibility index (Phi) is 5.76. The summed E-state index contributed by atoms with van der Waals surface area (Å²) in [6.45, 7) is 0.857. The number of carboxylic acid groups (broad SMARTS) is 1. The fraction of sp³-hybridized carbons (Fsp3) is 0.333. The Hall–Kier alpha value is -3.44. The third-order valence-corrected chi connectivity index (χ3v) is 8.46. The van der Waals surface area contributed by atoms with Crippen molar-refractivity contribution in [3.63, 3.8) is 0 Å². The van der Waals surface area contributed by atoms with Crippen LogP contribution in [0.3, 0.4) is 0 Å². The summed E-state index contributed by atoms with van der Waals surface area (Å²) in [5.74, 6) is -1.43. The smallest absolute Gasteiger partial charge is 0.341 e. The molecule has 1 aliphatic carbocycles. The van der Waals surface area contributed by atoms with Crippen molar-refractivity contribution in [2.24, 2.45) is 0 Å². The summed E-state index contributed by atoms with van der Waals surface area (Å²) < 4.78 is 49.4. The predicted octanol–water partition coefficient (Wildman–Crippen LogP) is 2.69. The van der Waals surface area contributed by atoms with Crippen LogP contribution in [-0.2, 0) is 10.0 Å². The molecular formula is C24H24FN3O6S. The van der Waals surface area contributed by atoms with Crippen LogP contribution >= 0.6 is 0 Å². The largest absolute Gasteiger partial charge is 0.497 e. The molecule has 0 atom stereocenters. The maximum atomic E-state index is 15.2. The third kappa shape index (κ3) is 4.14. The van der Waals surface area contributed by atoms with Crippen LogP contribution in [0.2, 0.25) is 0 Å². The average Bonchev–Trinajstić information content (AvgIpc) is 3.69. The molecule has 5 rings (SSSR count). The lowest BCUT2D eigenvalue weighted by Gasteiger charge is -2.35. The van der Waals surface area contributed by atoms with Crippen LogP contribution in [0.4, 0.5) is 10.1 Å². The van der Waals surface area contributed by atoms with Crippen molar-refractivity contribution in [1.29, 1.82) is 0 Å². The number of hydrogen-bond donors (Lipinski definition) is 1. The zero-order valence-corrected chi connectivity index (χ0v) is 19.8. The van der Waals surface area contributed by atoms with Crippen molar-refractivity contribution in [3.8, 4) is 5.75 Å². The van der Waals surface area contributed by atoms with E-state index in [1.165, 1.54) is 29.7 Å². The molecular weight excluding hydrogens is 477 g/mol. The minimum absolute atomic E-state index is 0.0266. The first-order chi connectivity index (χ1) is 16.7. The number of pyridine rings is 1. The summed E-state index contributed by atoms with van der Waals surface area (Å²) in [7, 11) is -2.21. The maximum Gasteiger partial charge on any atom is 0.341 e. The van der Waals surface area contributed by atoms with Crippen LogP contribution in [0.1, 0.15) is 29.2 Å². The van der Waals surface area contributed by atoms with Gasteiger partial charge < -0.3 is 19.3 Å². The molecule has 9 nitrogen and oxygen atoms in total. The second-order valence-electron chi connectivity index (χ2n) is 8.70. The van der Waals surface area contributed by atoms with E-state index in [-0.39, 0.29) is 53.8 Å². The molecule has 35 heavy (non-hydrogen) atoms. The van der Waals surface area contributed by atoms with Crippen molar-refractivity contribution >= 4 is 32.6 Å². The summed E-state index contributed by atoms with van der Waals surface area (Å²) in [6, 6.07) is 8.90. The van der Waals surface area contributed by atoms with Gasteiger partial charge in [0.15, 0.2) is 0 Å². The molecule has 2 heterocycles. The van der Waals surface area contributed by atoms with Crippen LogP contribution in [0.15, 0.2) is 52.3 Å². The van der Waals surface area contributed by atoms with E-state index in [0.29, 0.717) is 11.3 Å². The number of rotatable bonds is 6. The molecule has 1 N–H and O–H groups in total. The van der Waals surface area contributed by atoms with Gasteiger partial charge in [0, 0.05) is 43.8 Å². The first-order valence-corrected chi connectivity index (χ1v) is 12.7. The molecule has 1 aromatic heterocycles. The Balaban J connectivity index is 1.43. The SMILES string of the molecule is COc1ccc(S(=O)(=O)N2CCN(c3cc4c(cc3F)c(=O)c(C(=O)O)cn4C3CC3)CC2)cc1. The zero-order chi connectivity index (χ0) is 24.9. The Bertz CT molecular complexity index is 1470. The van der Waals surface area contributed by atoms with Crippen molar-refractivity contribution in [2.75, 3.05) is 38.2 Å². The number of fused-ring (bicyclic) bond motifs is 1. The van der Waals surface area contributed by atoms with Gasteiger partial charge in [-0.25, -0.2) is 17.6 Å². The van der Waals surface area contributed by atoms with Gasteiger partial charge in [0.05, 0.1) is 23.2 Å². The second-order valence-corrected chi connectivity index (χ2v) is 10.6. The Labute approximate surface area is 201 Å². The van der Waals surface area contributed by atoms with Crippen LogP contribution in [-0.4, -0.2) is 61.7 Å². The first kappa shape index (κ1) is 23.3. The Morgan fingerprint density at radius 3 is 2.31 bits per heavy atom. The number of anilines is 1. The molecule has 2 aliphatic rings. The number of aromatic nitrogens is 1. The second kappa shape index (κ2) is 8.65. The highest BCUT2D eigenvalue weighted by Crippen LogP contribution is 2.38. The third-order valence-electron chi connectivity index (χ3n) is 6.55. The van der Waals surface area contributed by atoms with Crippen molar-refractivity contribution < 1.29 is 27.4 Å². The van der Waals surface area contributed by atoms with E-state index in [1.54, 1.807) is 27.7 Å². The fourth-order valence-electron chi connectivity index (χ4n) is 4.47. The van der Waals surface area contributed by atoms with E-state index in [1.807, 2.05) is 0 Å². The monoisotopic (exact) mass is 501 g/mol. The van der Waals surface area contributed by atoms with E-state index < -0.39 is 27.2 Å². The number of aromatic carboxylic acids is 1. The maximum absolute atomic E-state index is 15.2. The van der Waals surface area contributed by atoms with Gasteiger partial charge >= 0.3 is 5.97 Å². The Morgan fingerprint density at radius 2 is 1.74 bits per heavy atom. The summed E-state index contributed by atoms with van der Waals surface area (Å²) in [4.78, 5) is 26.1. The summed E-state index contributed by atoms with van der Waals surface area (Å²) in [6.07, 6.45) is 3.04. The van der Waals surface area contributed by atoms with Gasteiger partial charge in [0.25, 0.3) is 0 Å². The van der Waals surface area contributed by atoms with Crippen molar-refractivity contribution in [3.05, 3.63) is 64.2 Å². The molecule has 0 amide bonds. The molecule has 2 aromatic carbocycles. The fourth-order valence-corrected chi connectivity index (χ4v) is 5.90. The summed E-state index contributed by atoms with van der Waals surface area (Å²) in [5.41, 5.74) is -0.359. The number of methoxy groups -OCH3 is 1. The van der Waals surface area contributed by atoms with E-state index in [4.69, 9.17) is 4.74 Å². The number of carboxylic acids is 1. The average molecular weight is 502 g/mol. The van der Waals surface area contributed by atoms with E-state index in [0.717, 1.165) is 18.9 Å². The summed E-state index contributed by atoms with van der Waals surface area (Å²) >= 11 is 0. The highest BCUT2D eigenvalue weighted by atomic mass is 32.2. The lowest BCUT2D eigenvalue weighted by Crippen LogP contribution is -2.48. The van der Waals surface area contributed by atoms with Gasteiger partial charge in [-0.05, 0) is 49.2 Å². The number of sulfonamides is 1. The number of ether oxygens (including phenoxy) is 1. The summed E-state index contributed by atoms with van der Waals surface area (Å²) in [5, 5.41) is 9.43. The lowest BCUT2D eigenvalue weighted by atomic mass is 10.1. The zero-order valence-electron chi connectivity index (χ0n) is 19.0. The molecule has 1 aliphatic heterocycles. The van der Waals surface area contributed by atoms with Gasteiger partial charge in [0.1, 0.15) is 17.1 Å². The molecule has 1 saturated heterocycles. The molecule has 0 radical (unpaired) electrons. The lowest BCUT2D eigenvalue weighted by molar-refractivity contribution is 0.0694. The standard InChI is InChI=1S/C24H24FN3O6S/c1-34-16-4-6-17(7-5-16)35(32,33)27-10-8-26(9-11-27)22-13-21-18(12-20(22)25)23(29)19(24(30)31)14-28(21)15-2-3-15/h4-7,12-15H,2-3,8-11H2,1H3,(H,30,31). The predicted molar refractivity (Wildman–Crippen MR) is 127 cm³/mol. The highest BCUT2D eigenvalue weighted by molar-refractivity contribution is 7.89. The van der Waals surface area contributed by atoms with Gasteiger partial charge in [-0.1, -0.05) is 0 Å². The molecule has 0 unspecified atom stereocenters. The number of piperazine rings is 1. The number of halogens is 1. The molecule has 3 aromatic rings. The van der Waals surface area contributed by atoms with Gasteiger partial charge in [-0.2, -0.15) is 4.31 Å². The van der Waals surface area contributed by atoms with Crippen LogP contribution < -0.4 is 15.1 Å².